The van der Waals surface area contributed by atoms with Gasteiger partial charge in [0.2, 0.25) is 34.8 Å². The van der Waals surface area contributed by atoms with Crippen molar-refractivity contribution in [3.63, 3.8) is 0 Å². The number of hydrogen-bond donors (Lipinski definition) is 5. The molecule has 0 saturated carbocycles. The van der Waals surface area contributed by atoms with Gasteiger partial charge in [-0.1, -0.05) is 60.0 Å². The topological polar surface area (TPSA) is 483 Å². The first-order valence-electron chi connectivity index (χ1n) is 39.6. The number of rotatable bonds is 19. The van der Waals surface area contributed by atoms with Crippen LogP contribution in [-0.4, -0.2) is 114 Å². The van der Waals surface area contributed by atoms with Crippen molar-refractivity contribution < 1.29 is 209 Å². The molecular formula is C85H110Br3ClCs2N14O19S. The van der Waals surface area contributed by atoms with Gasteiger partial charge in [0.05, 0.1) is 29.6 Å². The van der Waals surface area contributed by atoms with Crippen LogP contribution in [0.2, 0.25) is 0 Å². The zero-order valence-electron chi connectivity index (χ0n) is 72.9. The molecule has 40 heteroatoms. The second-order valence-electron chi connectivity index (χ2n) is 28.5. The van der Waals surface area contributed by atoms with Crippen LogP contribution >= 0.6 is 71.6 Å². The number of nitro benzene ring substituents is 5. The molecule has 0 unspecified atom stereocenters. The van der Waals surface area contributed by atoms with Crippen LogP contribution in [0.25, 0.3) is 0 Å². The molecule has 5 fully saturated rings. The Bertz CT molecular complexity index is 4560. The summed E-state index contributed by atoms with van der Waals surface area (Å²) < 4.78 is 0.892. The molecule has 5 saturated heterocycles. The summed E-state index contributed by atoms with van der Waals surface area (Å²) in [6.07, 6.45) is 18.9. The molecule has 670 valence electrons. The summed E-state index contributed by atoms with van der Waals surface area (Å²) >= 11 is 20.3. The average molecular weight is 2200 g/mol. The van der Waals surface area contributed by atoms with Gasteiger partial charge in [-0.15, -0.1) is 0 Å². The van der Waals surface area contributed by atoms with Gasteiger partial charge < -0.3 is 59.0 Å². The zero-order valence-corrected chi connectivity index (χ0v) is 90.8. The molecule has 7 aromatic rings. The number of anilines is 8. The Morgan fingerprint density at radius 3 is 1.14 bits per heavy atom. The van der Waals surface area contributed by atoms with Crippen molar-refractivity contribution in [2.24, 2.45) is 0 Å². The number of thiocarbonyl (C=S) groups is 1. The number of carbonyl (C=O) groups is 7. The number of alkyl halides is 2. The number of piperidine rings is 5. The van der Waals surface area contributed by atoms with Crippen molar-refractivity contribution in [3.05, 3.63) is 221 Å². The van der Waals surface area contributed by atoms with Crippen LogP contribution in [0.4, 0.5) is 73.9 Å². The van der Waals surface area contributed by atoms with Crippen LogP contribution in [-0.2, 0) is 38.4 Å². The molecule has 5 aliphatic heterocycles. The molecule has 33 nitrogen and oxygen atoms in total. The van der Waals surface area contributed by atoms with Crippen molar-refractivity contribution >= 4 is 192 Å². The first kappa shape index (κ1) is 116. The first-order valence-corrected chi connectivity index (χ1v) is 43.4. The number of nitrogen functional groups attached to an aromatic ring is 3. The van der Waals surface area contributed by atoms with Crippen LogP contribution in [0.1, 0.15) is 177 Å². The second kappa shape index (κ2) is 64.0. The number of hydrogen-bond acceptors (Lipinski definition) is 23. The van der Waals surface area contributed by atoms with Crippen molar-refractivity contribution in [1.82, 2.24) is 5.32 Å². The average Bonchev–Trinajstić information content (AvgIpc) is 0.821. The van der Waals surface area contributed by atoms with Crippen molar-refractivity contribution in [3.8, 4) is 0 Å². The molecule has 7 aromatic carbocycles. The van der Waals surface area contributed by atoms with Gasteiger partial charge in [-0.25, -0.2) is 0 Å². The van der Waals surface area contributed by atoms with Gasteiger partial charge in [-0.05, 0) is 262 Å². The quantitative estimate of drug-likeness (QED) is 0.00578. The molecule has 0 aliphatic carbocycles. The minimum atomic E-state index is -0.450. The monoisotopic (exact) mass is 2200 g/mol. The number of nitrogens with two attached hydrogens (primary N) is 3. The van der Waals surface area contributed by atoms with E-state index in [-0.39, 0.29) is 210 Å². The maximum atomic E-state index is 11.8. The van der Waals surface area contributed by atoms with Gasteiger partial charge in [0.1, 0.15) is 0 Å². The summed E-state index contributed by atoms with van der Waals surface area (Å²) in [7, 11) is 0. The number of amides is 5. The number of benzene rings is 7. The van der Waals surface area contributed by atoms with E-state index >= 15 is 0 Å². The van der Waals surface area contributed by atoms with Gasteiger partial charge in [-0.3, -0.25) is 84.1 Å². The SMILES string of the molecule is Cc1cc(N)ccc1N1CCCCC1=O.Cc1cc(N)ccc1N1CCCCC1=S.Cc1cc([N+](=O)[O-])ccc1Br.Cc1cc([N+](=O)[O-])ccc1N.Cc1cc([N+](=O)[O-])ccc1N1CCCCC1=O.Cc1cc([N+](=O)[O-])ccc1N1CCCCC1=O.Cc1cc([N+](=O)[O-])ccc1NC(=O)CCCCBr.O=C(Cl)CCCCBr.O=C1CCCCN1.O=CO[O-].[Cs+].[Cs+].[H-].[HH]. The number of nitrogens with one attached hydrogen (secondary N) is 2. The fourth-order valence-electron chi connectivity index (χ4n) is 12.4. The normalized spacial score (nSPS) is 13.5. The predicted octanol–water partition coefficient (Wildman–Crippen LogP) is 12.8. The maximum absolute atomic E-state index is 11.8. The molecule has 8 N–H and O–H groups in total. The van der Waals surface area contributed by atoms with Crippen LogP contribution in [0.3, 0.4) is 0 Å². The predicted molar refractivity (Wildman–Crippen MR) is 497 cm³/mol. The Balaban J connectivity index is 0. The summed E-state index contributed by atoms with van der Waals surface area (Å²) in [5.74, 6) is 0.592. The number of unbranched alkanes of at least 4 members (excludes halogenated alkanes) is 2. The van der Waals surface area contributed by atoms with E-state index in [4.69, 9.17) is 51.1 Å². The van der Waals surface area contributed by atoms with Crippen LogP contribution in [0.5, 0.6) is 0 Å². The number of aryl methyl sites for hydroxylation is 7. The third kappa shape index (κ3) is 44.3. The second-order valence-corrected chi connectivity index (χ2v) is 31.8. The van der Waals surface area contributed by atoms with Gasteiger partial charge in [0.15, 0.2) is 0 Å². The van der Waals surface area contributed by atoms with Gasteiger partial charge >= 0.3 is 138 Å². The fourth-order valence-corrected chi connectivity index (χ4v) is 13.9. The number of nitrogens with zero attached hydrogens (tertiary/aromatic N) is 9. The minimum Gasteiger partial charge on any atom is -1.00 e. The van der Waals surface area contributed by atoms with Crippen LogP contribution in [0, 0.1) is 99.0 Å². The molecule has 5 heterocycles. The van der Waals surface area contributed by atoms with E-state index in [9.17, 15) is 79.3 Å². The smallest absolute Gasteiger partial charge is 1.00 e. The van der Waals surface area contributed by atoms with Gasteiger partial charge in [0, 0.05) is 194 Å². The maximum Gasteiger partial charge on any atom is 1.00 e. The van der Waals surface area contributed by atoms with E-state index in [1.807, 2.05) is 49.1 Å². The fraction of sp³-hybridized carbons (Fsp3) is 0.412. The van der Waals surface area contributed by atoms with Gasteiger partial charge in [-0.2, -0.15) is 0 Å². The molecule has 0 atom stereocenters. The van der Waals surface area contributed by atoms with Crippen molar-refractivity contribution in [2.75, 3.05) is 85.5 Å². The molecule has 0 spiro atoms. The number of nitro groups is 5. The van der Waals surface area contributed by atoms with E-state index in [0.717, 1.165) is 186 Å². The molecule has 12 rings (SSSR count). The largest absolute Gasteiger partial charge is 1.00 e. The molecule has 5 aliphatic rings. The Morgan fingerprint density at radius 2 is 0.816 bits per heavy atom. The Morgan fingerprint density at radius 1 is 0.480 bits per heavy atom. The third-order valence-electron chi connectivity index (χ3n) is 18.9. The Hall–Kier alpha value is -6.89. The first-order chi connectivity index (χ1) is 58.4. The number of carbonyl (C=O) groups excluding carboxylic acids is 7. The molecular weight excluding hydrogens is 2090 g/mol. The molecule has 0 radical (unpaired) electrons. The summed E-state index contributed by atoms with van der Waals surface area (Å²) in [5, 5.41) is 67.9. The Labute approximate surface area is 884 Å². The van der Waals surface area contributed by atoms with Crippen LogP contribution in [0.15, 0.2) is 132 Å². The van der Waals surface area contributed by atoms with Gasteiger partial charge in [0.25, 0.3) is 34.9 Å². The Kier molecular flexibility index (Phi) is 59.4. The summed E-state index contributed by atoms with van der Waals surface area (Å²) in [6, 6.07) is 34.4. The number of halogens is 4. The van der Waals surface area contributed by atoms with E-state index in [1.54, 1.807) is 61.8 Å². The molecule has 5 amide bonds. The van der Waals surface area contributed by atoms with E-state index < -0.39 is 24.6 Å². The van der Waals surface area contributed by atoms with Crippen molar-refractivity contribution in [2.45, 2.75) is 183 Å². The summed E-state index contributed by atoms with van der Waals surface area (Å²) in [4.78, 5) is 137. The van der Waals surface area contributed by atoms with E-state index in [0.29, 0.717) is 62.1 Å². The summed E-state index contributed by atoms with van der Waals surface area (Å²) in [6.45, 7) is 17.0. The third-order valence-corrected chi connectivity index (χ3v) is 21.6. The molecule has 0 bridgehead atoms. The van der Waals surface area contributed by atoms with E-state index in [2.05, 4.69) is 81.2 Å². The minimum absolute atomic E-state index is 0. The summed E-state index contributed by atoms with van der Waals surface area (Å²) in [5.41, 5.74) is 30.0. The van der Waals surface area contributed by atoms with Crippen molar-refractivity contribution in [1.29, 1.82) is 0 Å². The van der Waals surface area contributed by atoms with E-state index in [1.165, 1.54) is 90.8 Å². The zero-order chi connectivity index (χ0) is 91.8. The molecule has 0 aromatic heterocycles. The molecule has 125 heavy (non-hydrogen) atoms. The standard InChI is InChI=1S/C12H15BrN2O3.2C12H14N2O3.C12H16N2O.C12H16N2S.C7H6BrNO2.C7H8N2O2.C5H8BrClO.C5H9NO.CH2O3.2Cs.H2.H/c1-9-8-10(15(17)18)5-6-11(9)14-12(16)4-2-3-7-13;2*1-9-8-10(14(16)17)5-6-11(9)13-7-3-2-4-12(13)15;2*1-9-8-10(13)5-6-11(9)14-7-3-2-4-12(14)15;2*1-5-4-6(9(10)11)2-3-7(5)8;6-4-2-1-3-5(7)8;7-5-3-1-2-4-6-5;2-1-4-3;;;;/h5-6,8H,2-4,7H2,1H3,(H,14,16);2*5-6,8H,2-4,7H2,1H3;2*5-6,8H,2-4,7,13H2,1H3;2-4H,1H3;2-4H,8H2,1H3;1-4H2;1-4H2,(H,6,7);1,3H;;;1H;/q;;;;;;;;;;2*+1;;-1/p-1. The van der Waals surface area contributed by atoms with Crippen LogP contribution < -0.4 is 190 Å². The number of non-ortho nitro benzene ring substituents is 5.